The van der Waals surface area contributed by atoms with Crippen LogP contribution in [0.4, 0.5) is 5.69 Å². The molecule has 0 saturated carbocycles. The van der Waals surface area contributed by atoms with E-state index < -0.39 is 22.5 Å². The molecule has 0 aliphatic heterocycles. The van der Waals surface area contributed by atoms with Crippen molar-refractivity contribution < 1.29 is 17.9 Å². The Kier molecular flexibility index (Phi) is 8.35. The third kappa shape index (κ3) is 6.16. The number of hydrogen-bond donors (Lipinski definition) is 1. The van der Waals surface area contributed by atoms with E-state index in [-0.39, 0.29) is 4.90 Å². The Morgan fingerprint density at radius 1 is 1.12 bits per heavy atom. The lowest BCUT2D eigenvalue weighted by molar-refractivity contribution is -0.119. The maximum Gasteiger partial charge on any atom is 0.264 e. The van der Waals surface area contributed by atoms with Gasteiger partial charge in [0.25, 0.3) is 15.9 Å². The van der Waals surface area contributed by atoms with Gasteiger partial charge in [0.15, 0.2) is 0 Å². The first-order chi connectivity index (χ1) is 16.1. The molecule has 34 heavy (non-hydrogen) atoms. The molecule has 0 aromatic heterocycles. The minimum absolute atomic E-state index is 0.0626. The summed E-state index contributed by atoms with van der Waals surface area (Å²) in [6.45, 7) is 3.12. The van der Waals surface area contributed by atoms with E-state index >= 15 is 0 Å². The normalized spacial score (nSPS) is 11.4. The van der Waals surface area contributed by atoms with Crippen molar-refractivity contribution in [2.45, 2.75) is 18.7 Å². The van der Waals surface area contributed by atoms with Crippen molar-refractivity contribution in [2.75, 3.05) is 18.0 Å². The molecule has 0 atom stereocenters. The summed E-state index contributed by atoms with van der Waals surface area (Å²) in [5.41, 5.74) is 4.89. The van der Waals surface area contributed by atoms with Crippen LogP contribution in [-0.4, -0.2) is 34.2 Å². The first-order valence-electron chi connectivity index (χ1n) is 10.1. The minimum Gasteiger partial charge on any atom is -0.496 e. The molecule has 0 spiro atoms. The van der Waals surface area contributed by atoms with Gasteiger partial charge in [0.1, 0.15) is 12.3 Å². The molecule has 3 aromatic rings. The number of nitrogens with zero attached hydrogens (tertiary/aromatic N) is 2. The van der Waals surface area contributed by atoms with Crippen LogP contribution in [0.5, 0.6) is 5.75 Å². The predicted molar refractivity (Wildman–Crippen MR) is 138 cm³/mol. The van der Waals surface area contributed by atoms with Gasteiger partial charge >= 0.3 is 0 Å². The minimum atomic E-state index is -4.06. The fourth-order valence-electron chi connectivity index (χ4n) is 3.13. The first kappa shape index (κ1) is 25.7. The van der Waals surface area contributed by atoms with Crippen LogP contribution in [0, 0.1) is 13.8 Å². The van der Waals surface area contributed by atoms with E-state index in [1.807, 2.05) is 13.0 Å². The van der Waals surface area contributed by atoms with Crippen molar-refractivity contribution in [2.24, 2.45) is 5.10 Å². The Labute approximate surface area is 212 Å². The maximum atomic E-state index is 13.5. The van der Waals surface area contributed by atoms with Crippen molar-refractivity contribution in [1.29, 1.82) is 0 Å². The largest absolute Gasteiger partial charge is 0.496 e. The van der Waals surface area contributed by atoms with Crippen molar-refractivity contribution in [1.82, 2.24) is 5.43 Å². The van der Waals surface area contributed by atoms with Crippen LogP contribution in [0.3, 0.4) is 0 Å². The number of amides is 1. The number of benzene rings is 3. The molecule has 1 amide bonds. The number of carbonyl (C=O) groups excluding carboxylic acids is 1. The summed E-state index contributed by atoms with van der Waals surface area (Å²) in [6.07, 6.45) is 1.42. The highest BCUT2D eigenvalue weighted by Gasteiger charge is 2.28. The van der Waals surface area contributed by atoms with Gasteiger partial charge in [0.2, 0.25) is 0 Å². The van der Waals surface area contributed by atoms with E-state index in [1.54, 1.807) is 43.3 Å². The molecule has 0 fully saturated rings. The Bertz CT molecular complexity index is 1330. The van der Waals surface area contributed by atoms with E-state index in [4.69, 9.17) is 16.3 Å². The van der Waals surface area contributed by atoms with E-state index in [9.17, 15) is 13.2 Å². The number of hydrogen-bond acceptors (Lipinski definition) is 5. The molecule has 3 aromatic carbocycles. The van der Waals surface area contributed by atoms with Gasteiger partial charge in [0.05, 0.1) is 23.9 Å². The average molecular weight is 565 g/mol. The molecule has 0 radical (unpaired) electrons. The average Bonchev–Trinajstić information content (AvgIpc) is 2.79. The summed E-state index contributed by atoms with van der Waals surface area (Å²) in [5, 5.41) is 4.32. The number of nitrogens with one attached hydrogen (secondary N) is 1. The van der Waals surface area contributed by atoms with E-state index in [1.165, 1.54) is 31.5 Å². The predicted octanol–water partition coefficient (Wildman–Crippen LogP) is 5.07. The summed E-state index contributed by atoms with van der Waals surface area (Å²) in [5.74, 6) is -0.0559. The highest BCUT2D eigenvalue weighted by atomic mass is 79.9. The zero-order valence-electron chi connectivity index (χ0n) is 18.7. The zero-order valence-corrected chi connectivity index (χ0v) is 21.9. The van der Waals surface area contributed by atoms with Crippen LogP contribution in [0.25, 0.3) is 0 Å². The highest BCUT2D eigenvalue weighted by molar-refractivity contribution is 9.10. The topological polar surface area (TPSA) is 88.1 Å². The van der Waals surface area contributed by atoms with Gasteiger partial charge < -0.3 is 4.74 Å². The molecule has 0 saturated heterocycles. The molecular weight excluding hydrogens is 542 g/mol. The molecular formula is C24H23BrClN3O4S. The Hall–Kier alpha value is -2.88. The molecule has 1 N–H and O–H groups in total. The van der Waals surface area contributed by atoms with Crippen molar-refractivity contribution in [3.05, 3.63) is 86.8 Å². The number of methoxy groups -OCH3 is 1. The third-order valence-electron chi connectivity index (χ3n) is 4.92. The molecule has 0 aliphatic carbocycles. The van der Waals surface area contributed by atoms with Gasteiger partial charge in [0, 0.05) is 15.1 Å². The number of ether oxygens (including phenoxy) is 1. The van der Waals surface area contributed by atoms with Crippen LogP contribution in [-0.2, 0) is 14.8 Å². The summed E-state index contributed by atoms with van der Waals surface area (Å²) >= 11 is 9.52. The molecule has 0 unspecified atom stereocenters. The Morgan fingerprint density at radius 3 is 2.50 bits per heavy atom. The first-order valence-corrected chi connectivity index (χ1v) is 12.7. The number of aryl methyl sites for hydroxylation is 2. The molecule has 10 heteroatoms. The van der Waals surface area contributed by atoms with Gasteiger partial charge in [-0.2, -0.15) is 5.10 Å². The van der Waals surface area contributed by atoms with Gasteiger partial charge in [-0.1, -0.05) is 51.3 Å². The number of sulfonamides is 1. The van der Waals surface area contributed by atoms with E-state index in [0.29, 0.717) is 27.6 Å². The molecule has 7 nitrogen and oxygen atoms in total. The third-order valence-corrected chi connectivity index (χ3v) is 7.42. The summed E-state index contributed by atoms with van der Waals surface area (Å²) in [7, 11) is -2.53. The highest BCUT2D eigenvalue weighted by Crippen LogP contribution is 2.29. The van der Waals surface area contributed by atoms with Crippen molar-refractivity contribution in [3.8, 4) is 5.75 Å². The second-order valence-electron chi connectivity index (χ2n) is 7.43. The molecule has 0 aliphatic rings. The number of rotatable bonds is 8. The number of hydrazone groups is 1. The van der Waals surface area contributed by atoms with Crippen LogP contribution in [0.1, 0.15) is 16.7 Å². The van der Waals surface area contributed by atoms with Crippen molar-refractivity contribution >= 4 is 55.4 Å². The SMILES string of the molecule is COc1ccc(Br)cc1/C=N\NC(=O)CN(c1cc(Cl)ccc1C)S(=O)(=O)c1ccc(C)cc1. The standard InChI is InChI=1S/C24H23BrClN3O4S/c1-16-4-9-21(10-5-16)34(31,32)29(22-13-20(26)8-6-17(22)2)15-24(30)28-27-14-18-12-19(25)7-11-23(18)33-3/h4-14H,15H2,1-3H3,(H,28,30)/b27-14-. The Morgan fingerprint density at radius 2 is 1.82 bits per heavy atom. The molecule has 0 bridgehead atoms. The molecule has 3 rings (SSSR count). The van der Waals surface area contributed by atoms with Gasteiger partial charge in [-0.15, -0.1) is 0 Å². The lowest BCUT2D eigenvalue weighted by atomic mass is 10.2. The number of carbonyl (C=O) groups is 1. The lowest BCUT2D eigenvalue weighted by Crippen LogP contribution is -2.40. The Balaban J connectivity index is 1.90. The van der Waals surface area contributed by atoms with E-state index in [2.05, 4.69) is 26.5 Å². The van der Waals surface area contributed by atoms with Gasteiger partial charge in [-0.05, 0) is 61.9 Å². The number of halogens is 2. The van der Waals surface area contributed by atoms with Crippen LogP contribution < -0.4 is 14.5 Å². The maximum absolute atomic E-state index is 13.5. The second kappa shape index (κ2) is 11.0. The van der Waals surface area contributed by atoms with Gasteiger partial charge in [-0.25, -0.2) is 13.8 Å². The summed E-state index contributed by atoms with van der Waals surface area (Å²) < 4.78 is 34.1. The van der Waals surface area contributed by atoms with Crippen LogP contribution >= 0.6 is 27.5 Å². The van der Waals surface area contributed by atoms with Crippen LogP contribution in [0.15, 0.2) is 75.1 Å². The van der Waals surface area contributed by atoms with Crippen molar-refractivity contribution in [3.63, 3.8) is 0 Å². The summed E-state index contributed by atoms with van der Waals surface area (Å²) in [6, 6.07) is 16.6. The fourth-order valence-corrected chi connectivity index (χ4v) is 5.16. The van der Waals surface area contributed by atoms with E-state index in [0.717, 1.165) is 14.3 Å². The van der Waals surface area contributed by atoms with Crippen LogP contribution in [0.2, 0.25) is 5.02 Å². The summed E-state index contributed by atoms with van der Waals surface area (Å²) in [4.78, 5) is 12.8. The molecule has 178 valence electrons. The second-order valence-corrected chi connectivity index (χ2v) is 10.6. The van der Waals surface area contributed by atoms with Gasteiger partial charge in [-0.3, -0.25) is 9.10 Å². The zero-order chi connectivity index (χ0) is 24.9. The number of anilines is 1. The quantitative estimate of drug-likeness (QED) is 0.306. The fraction of sp³-hybridized carbons (Fsp3) is 0.167. The lowest BCUT2D eigenvalue weighted by Gasteiger charge is -2.25. The monoisotopic (exact) mass is 563 g/mol. The smallest absolute Gasteiger partial charge is 0.264 e. The molecule has 0 heterocycles.